The maximum atomic E-state index is 13.6. The first-order valence-corrected chi connectivity index (χ1v) is 12.8. The van der Waals surface area contributed by atoms with Gasteiger partial charge in [0.2, 0.25) is 0 Å². The fourth-order valence-electron chi connectivity index (χ4n) is 4.77. The summed E-state index contributed by atoms with van der Waals surface area (Å²) in [4.78, 5) is 49.5. The standard InChI is InChI=1S/C29H30N4O5/c1-5-37-29(36)23-15-22-25(30-24-18(3)8-6-12-32(24)28(22)35)33(16-21-9-7-13-38-21)26(23)31-27(34)20-11-10-17(2)19(4)14-20/h6,8,10-12,14-15,21H,5,7,9,13,16H2,1-4H3/t21-/m1/s1. The van der Waals surface area contributed by atoms with Crippen molar-refractivity contribution >= 4 is 28.6 Å². The Morgan fingerprint density at radius 1 is 1.11 bits per heavy atom. The topological polar surface area (TPSA) is 104 Å². The van der Waals surface area contributed by atoms with Gasteiger partial charge in [-0.3, -0.25) is 14.0 Å². The van der Waals surface area contributed by atoms with Crippen LogP contribution in [0.15, 0.2) is 52.4 Å². The molecule has 1 aliphatic rings. The third-order valence-corrected chi connectivity index (χ3v) is 6.97. The lowest BCUT2D eigenvalue weighted by atomic mass is 10.1. The fourth-order valence-corrected chi connectivity index (χ4v) is 4.77. The molecule has 1 amide bonds. The van der Waals surface area contributed by atoms with Gasteiger partial charge in [-0.15, -0.1) is 0 Å². The Kier molecular flexibility index (Phi) is 6.94. The Hall–Kier alpha value is -4.11. The van der Waals surface area contributed by atoms with E-state index in [1.54, 1.807) is 35.9 Å². The molecular formula is C29H30N4O5. The predicted molar refractivity (Wildman–Crippen MR) is 142 cm³/mol. The van der Waals surface area contributed by atoms with E-state index in [0.29, 0.717) is 23.5 Å². The van der Waals surface area contributed by atoms with Crippen LogP contribution in [0.4, 0.5) is 0 Å². The quantitative estimate of drug-likeness (QED) is 0.297. The summed E-state index contributed by atoms with van der Waals surface area (Å²) in [5.41, 5.74) is 3.84. The van der Waals surface area contributed by atoms with Gasteiger partial charge in [0.1, 0.15) is 16.9 Å². The number of aromatic nitrogens is 3. The highest BCUT2D eigenvalue weighted by atomic mass is 16.5. The van der Waals surface area contributed by atoms with Gasteiger partial charge < -0.3 is 14.0 Å². The zero-order valence-electron chi connectivity index (χ0n) is 22.0. The van der Waals surface area contributed by atoms with Crippen molar-refractivity contribution in [1.82, 2.24) is 14.0 Å². The van der Waals surface area contributed by atoms with Crippen LogP contribution >= 0.6 is 0 Å². The maximum absolute atomic E-state index is 13.6. The van der Waals surface area contributed by atoms with Crippen LogP contribution in [0.1, 0.15) is 57.2 Å². The molecule has 0 aliphatic carbocycles. The van der Waals surface area contributed by atoms with Crippen molar-refractivity contribution in [2.75, 3.05) is 13.2 Å². The zero-order valence-corrected chi connectivity index (χ0v) is 22.0. The van der Waals surface area contributed by atoms with Gasteiger partial charge in [0.15, 0.2) is 5.49 Å². The van der Waals surface area contributed by atoms with Crippen molar-refractivity contribution in [2.45, 2.75) is 53.2 Å². The number of pyridine rings is 2. The van der Waals surface area contributed by atoms with Crippen LogP contribution in [0.3, 0.4) is 0 Å². The van der Waals surface area contributed by atoms with E-state index in [-0.39, 0.29) is 41.3 Å². The maximum Gasteiger partial charge on any atom is 0.341 e. The number of nitrogens with zero attached hydrogens (tertiary/aromatic N) is 4. The lowest BCUT2D eigenvalue weighted by Crippen LogP contribution is -2.35. The van der Waals surface area contributed by atoms with E-state index in [1.807, 2.05) is 32.9 Å². The second kappa shape index (κ2) is 10.3. The summed E-state index contributed by atoms with van der Waals surface area (Å²) in [6.45, 7) is 8.48. The predicted octanol–water partition coefficient (Wildman–Crippen LogP) is 3.67. The van der Waals surface area contributed by atoms with Crippen LogP contribution in [0.25, 0.3) is 16.7 Å². The van der Waals surface area contributed by atoms with Crippen molar-refractivity contribution in [3.63, 3.8) is 0 Å². The van der Waals surface area contributed by atoms with Crippen LogP contribution in [0.2, 0.25) is 0 Å². The molecule has 1 aliphatic heterocycles. The number of carbonyl (C=O) groups excluding carboxylic acids is 2. The van der Waals surface area contributed by atoms with Gasteiger partial charge in [-0.05, 0) is 81.5 Å². The molecule has 9 heteroatoms. The number of ether oxygens (including phenoxy) is 2. The number of esters is 1. The van der Waals surface area contributed by atoms with E-state index in [9.17, 15) is 14.4 Å². The van der Waals surface area contributed by atoms with Crippen molar-refractivity contribution < 1.29 is 19.1 Å². The van der Waals surface area contributed by atoms with Gasteiger partial charge in [-0.25, -0.2) is 9.78 Å². The first-order valence-electron chi connectivity index (χ1n) is 12.8. The molecule has 1 saturated heterocycles. The van der Waals surface area contributed by atoms with Crippen LogP contribution in [-0.4, -0.2) is 45.1 Å². The summed E-state index contributed by atoms with van der Waals surface area (Å²) in [7, 11) is 0. The van der Waals surface area contributed by atoms with Gasteiger partial charge in [0.05, 0.1) is 24.6 Å². The average Bonchev–Trinajstić information content (AvgIpc) is 3.41. The number of hydrogen-bond donors (Lipinski definition) is 0. The van der Waals surface area contributed by atoms with Gasteiger partial charge in [-0.1, -0.05) is 12.1 Å². The van der Waals surface area contributed by atoms with E-state index < -0.39 is 11.9 Å². The molecule has 1 fully saturated rings. The highest BCUT2D eigenvalue weighted by Gasteiger charge is 2.24. The molecule has 5 rings (SSSR count). The van der Waals surface area contributed by atoms with Crippen LogP contribution in [-0.2, 0) is 16.0 Å². The lowest BCUT2D eigenvalue weighted by molar-refractivity contribution is 0.0521. The van der Waals surface area contributed by atoms with Crippen molar-refractivity contribution in [3.05, 3.63) is 86.3 Å². The largest absolute Gasteiger partial charge is 0.462 e. The molecule has 0 saturated carbocycles. The van der Waals surface area contributed by atoms with Crippen LogP contribution in [0, 0.1) is 20.8 Å². The average molecular weight is 515 g/mol. The molecule has 0 radical (unpaired) electrons. The summed E-state index contributed by atoms with van der Waals surface area (Å²) in [6, 6.07) is 10.4. The molecule has 3 aromatic heterocycles. The Morgan fingerprint density at radius 3 is 2.63 bits per heavy atom. The fraction of sp³-hybridized carbons (Fsp3) is 0.345. The lowest BCUT2D eigenvalue weighted by Gasteiger charge is -2.18. The smallest absolute Gasteiger partial charge is 0.341 e. The Balaban J connectivity index is 1.87. The third kappa shape index (κ3) is 4.65. The van der Waals surface area contributed by atoms with Crippen LogP contribution < -0.4 is 11.0 Å². The second-order valence-electron chi connectivity index (χ2n) is 9.60. The molecule has 4 aromatic rings. The van der Waals surface area contributed by atoms with Gasteiger partial charge in [-0.2, -0.15) is 4.99 Å². The minimum absolute atomic E-state index is 0.0287. The molecule has 9 nitrogen and oxygen atoms in total. The number of carbonyl (C=O) groups is 2. The molecular weight excluding hydrogens is 484 g/mol. The minimum atomic E-state index is -0.670. The first kappa shape index (κ1) is 25.5. The number of rotatable bonds is 5. The van der Waals surface area contributed by atoms with Crippen molar-refractivity contribution in [1.29, 1.82) is 0 Å². The molecule has 0 bridgehead atoms. The summed E-state index contributed by atoms with van der Waals surface area (Å²) in [5.74, 6) is -1.18. The Bertz CT molecular complexity index is 1710. The molecule has 1 atom stereocenters. The second-order valence-corrected chi connectivity index (χ2v) is 9.60. The van der Waals surface area contributed by atoms with E-state index in [1.165, 1.54) is 10.5 Å². The third-order valence-electron chi connectivity index (χ3n) is 6.97. The minimum Gasteiger partial charge on any atom is -0.462 e. The molecule has 0 N–H and O–H groups in total. The van der Waals surface area contributed by atoms with E-state index in [0.717, 1.165) is 29.5 Å². The van der Waals surface area contributed by atoms with E-state index >= 15 is 0 Å². The van der Waals surface area contributed by atoms with Crippen LogP contribution in [0.5, 0.6) is 0 Å². The highest BCUT2D eigenvalue weighted by Crippen LogP contribution is 2.18. The Labute approximate surface area is 219 Å². The summed E-state index contributed by atoms with van der Waals surface area (Å²) in [5, 5.41) is 0.228. The van der Waals surface area contributed by atoms with Crippen molar-refractivity contribution in [2.24, 2.45) is 4.99 Å². The Morgan fingerprint density at radius 2 is 1.92 bits per heavy atom. The first-order chi connectivity index (χ1) is 18.3. The number of fused-ring (bicyclic) bond motifs is 2. The van der Waals surface area contributed by atoms with E-state index in [4.69, 9.17) is 14.5 Å². The zero-order chi connectivity index (χ0) is 27.0. The highest BCUT2D eigenvalue weighted by molar-refractivity contribution is 5.97. The van der Waals surface area contributed by atoms with Gasteiger partial charge in [0, 0.05) is 18.4 Å². The molecule has 1 aromatic carbocycles. The molecule has 0 spiro atoms. The number of aryl methyl sites for hydroxylation is 3. The molecule has 196 valence electrons. The van der Waals surface area contributed by atoms with Gasteiger partial charge in [0.25, 0.3) is 11.5 Å². The summed E-state index contributed by atoms with van der Waals surface area (Å²) in [6.07, 6.45) is 3.16. The summed E-state index contributed by atoms with van der Waals surface area (Å²) < 4.78 is 14.4. The normalized spacial score (nSPS) is 15.9. The SMILES string of the molecule is CCOC(=O)c1cc2c(=O)n3cccc(C)c3nc2n(C[C@H]2CCCO2)c1=NC(=O)c1ccc(C)c(C)c1. The number of amides is 1. The van der Waals surface area contributed by atoms with Gasteiger partial charge >= 0.3 is 5.97 Å². The molecule has 0 unspecified atom stereocenters. The van der Waals surface area contributed by atoms with E-state index in [2.05, 4.69) is 4.99 Å². The monoisotopic (exact) mass is 514 g/mol. The number of benzene rings is 1. The molecule has 4 heterocycles. The molecule has 38 heavy (non-hydrogen) atoms. The summed E-state index contributed by atoms with van der Waals surface area (Å²) >= 11 is 0. The number of hydrogen-bond acceptors (Lipinski definition) is 6. The van der Waals surface area contributed by atoms with Crippen molar-refractivity contribution in [3.8, 4) is 0 Å².